The van der Waals surface area contributed by atoms with Crippen molar-refractivity contribution in [2.75, 3.05) is 0 Å². The number of oxime groups is 1. The highest BCUT2D eigenvalue weighted by Gasteiger charge is 2.10. The third-order valence-electron chi connectivity index (χ3n) is 2.54. The van der Waals surface area contributed by atoms with Crippen molar-refractivity contribution in [3.63, 3.8) is 0 Å². The Kier molecular flexibility index (Phi) is 3.61. The molecule has 1 aromatic carbocycles. The average molecular weight is 261 g/mol. The van der Waals surface area contributed by atoms with E-state index in [4.69, 9.17) is 15.7 Å². The van der Waals surface area contributed by atoms with E-state index < -0.39 is 0 Å². The fraction of sp³-hybridized carbons (Fsp3) is 0.0769. The lowest BCUT2D eigenvalue weighted by Crippen LogP contribution is -2.14. The Morgan fingerprint density at radius 2 is 2.21 bits per heavy atom. The molecule has 0 aliphatic heterocycles. The Morgan fingerprint density at radius 3 is 2.89 bits per heavy atom. The van der Waals surface area contributed by atoms with E-state index in [9.17, 15) is 4.39 Å². The van der Waals surface area contributed by atoms with E-state index in [-0.39, 0.29) is 17.4 Å². The van der Waals surface area contributed by atoms with Crippen molar-refractivity contribution in [2.24, 2.45) is 10.9 Å². The van der Waals surface area contributed by atoms with Crippen LogP contribution in [0.5, 0.6) is 11.5 Å². The van der Waals surface area contributed by atoms with Crippen molar-refractivity contribution < 1.29 is 14.3 Å². The number of hydrogen-bond donors (Lipinski definition) is 2. The molecule has 0 bridgehead atoms. The molecule has 98 valence electrons. The minimum atomic E-state index is -0.369. The Hall–Kier alpha value is -2.63. The van der Waals surface area contributed by atoms with Gasteiger partial charge in [0.2, 0.25) is 0 Å². The second-order valence-corrected chi connectivity index (χ2v) is 3.87. The van der Waals surface area contributed by atoms with Gasteiger partial charge in [-0.05, 0) is 24.6 Å². The van der Waals surface area contributed by atoms with Crippen molar-refractivity contribution in [1.29, 1.82) is 0 Å². The minimum absolute atomic E-state index is 0.106. The van der Waals surface area contributed by atoms with E-state index in [1.54, 1.807) is 19.1 Å². The van der Waals surface area contributed by atoms with Gasteiger partial charge in [-0.2, -0.15) is 0 Å². The average Bonchev–Trinajstić information content (AvgIpc) is 2.43. The molecule has 0 spiro atoms. The predicted molar refractivity (Wildman–Crippen MR) is 68.0 cm³/mol. The molecular formula is C13H12FN3O2. The first-order valence-corrected chi connectivity index (χ1v) is 5.47. The van der Waals surface area contributed by atoms with Crippen molar-refractivity contribution in [3.8, 4) is 11.5 Å². The highest BCUT2D eigenvalue weighted by Crippen LogP contribution is 2.25. The molecule has 5 nitrogen and oxygen atoms in total. The van der Waals surface area contributed by atoms with Crippen LogP contribution in [0.3, 0.4) is 0 Å². The van der Waals surface area contributed by atoms with Crippen molar-refractivity contribution >= 4 is 5.84 Å². The lowest BCUT2D eigenvalue weighted by atomic mass is 10.2. The third kappa shape index (κ3) is 2.79. The molecule has 0 atom stereocenters. The zero-order valence-electron chi connectivity index (χ0n) is 10.2. The Morgan fingerprint density at radius 1 is 1.42 bits per heavy atom. The van der Waals surface area contributed by atoms with Gasteiger partial charge in [0.1, 0.15) is 11.6 Å². The van der Waals surface area contributed by atoms with Crippen molar-refractivity contribution in [2.45, 2.75) is 6.92 Å². The van der Waals surface area contributed by atoms with Crippen LogP contribution in [0.15, 0.2) is 41.8 Å². The number of rotatable bonds is 3. The van der Waals surface area contributed by atoms with Gasteiger partial charge in [-0.15, -0.1) is 0 Å². The van der Waals surface area contributed by atoms with E-state index in [1.165, 1.54) is 24.5 Å². The van der Waals surface area contributed by atoms with E-state index in [2.05, 4.69) is 10.1 Å². The number of pyridine rings is 1. The van der Waals surface area contributed by atoms with Crippen LogP contribution < -0.4 is 10.5 Å². The standard InChI is InChI=1S/C13H12FN3O2/c1-8-2-3-9(6-11(8)14)19-12-7-16-5-4-10(12)13(15)17-18/h2-7,18H,1H3,(H2,15,17). The molecule has 0 fully saturated rings. The lowest BCUT2D eigenvalue weighted by Gasteiger charge is -2.10. The van der Waals surface area contributed by atoms with Crippen LogP contribution >= 0.6 is 0 Å². The van der Waals surface area contributed by atoms with Crippen molar-refractivity contribution in [3.05, 3.63) is 53.6 Å². The van der Waals surface area contributed by atoms with Gasteiger partial charge < -0.3 is 15.7 Å². The number of aryl methyl sites for hydroxylation is 1. The van der Waals surface area contributed by atoms with Crippen LogP contribution in [0.1, 0.15) is 11.1 Å². The number of ether oxygens (including phenoxy) is 1. The Balaban J connectivity index is 2.35. The van der Waals surface area contributed by atoms with Gasteiger partial charge in [0.15, 0.2) is 11.6 Å². The van der Waals surface area contributed by atoms with Gasteiger partial charge in [-0.25, -0.2) is 4.39 Å². The SMILES string of the molecule is Cc1ccc(Oc2cnccc2/C(N)=N/O)cc1F. The predicted octanol–water partition coefficient (Wildman–Crippen LogP) is 2.42. The molecule has 19 heavy (non-hydrogen) atoms. The molecule has 2 aromatic rings. The summed E-state index contributed by atoms with van der Waals surface area (Å²) in [7, 11) is 0. The summed E-state index contributed by atoms with van der Waals surface area (Å²) < 4.78 is 18.9. The van der Waals surface area contributed by atoms with Gasteiger partial charge in [-0.1, -0.05) is 11.2 Å². The third-order valence-corrected chi connectivity index (χ3v) is 2.54. The zero-order chi connectivity index (χ0) is 13.8. The van der Waals surface area contributed by atoms with E-state index >= 15 is 0 Å². The summed E-state index contributed by atoms with van der Waals surface area (Å²) in [5, 5.41) is 11.6. The summed E-state index contributed by atoms with van der Waals surface area (Å²) in [6.45, 7) is 1.66. The molecule has 0 aliphatic carbocycles. The smallest absolute Gasteiger partial charge is 0.173 e. The molecule has 0 saturated heterocycles. The topological polar surface area (TPSA) is 80.7 Å². The molecule has 3 N–H and O–H groups in total. The van der Waals surface area contributed by atoms with Crippen molar-refractivity contribution in [1.82, 2.24) is 4.98 Å². The summed E-state index contributed by atoms with van der Waals surface area (Å²) in [5.74, 6) is 0.112. The highest BCUT2D eigenvalue weighted by molar-refractivity contribution is 5.99. The van der Waals surface area contributed by atoms with Gasteiger partial charge in [0, 0.05) is 12.3 Å². The summed E-state index contributed by atoms with van der Waals surface area (Å²) in [5.41, 5.74) is 6.42. The van der Waals surface area contributed by atoms with Gasteiger partial charge in [0.05, 0.1) is 11.8 Å². The minimum Gasteiger partial charge on any atom is -0.455 e. The number of benzene rings is 1. The maximum absolute atomic E-state index is 13.4. The molecule has 0 unspecified atom stereocenters. The largest absolute Gasteiger partial charge is 0.455 e. The summed E-state index contributed by atoms with van der Waals surface area (Å²) >= 11 is 0. The maximum Gasteiger partial charge on any atom is 0.173 e. The molecule has 0 aliphatic rings. The molecule has 0 saturated carbocycles. The fourth-order valence-corrected chi connectivity index (χ4v) is 1.49. The number of nitrogens with zero attached hydrogens (tertiary/aromatic N) is 2. The number of halogens is 1. The number of hydrogen-bond acceptors (Lipinski definition) is 4. The van der Waals surface area contributed by atoms with E-state index in [0.717, 1.165) is 0 Å². The zero-order valence-corrected chi connectivity index (χ0v) is 10.2. The van der Waals surface area contributed by atoms with Crippen LogP contribution in [0.4, 0.5) is 4.39 Å². The second kappa shape index (κ2) is 5.34. The summed E-state index contributed by atoms with van der Waals surface area (Å²) in [4.78, 5) is 3.89. The Labute approximate surface area is 109 Å². The molecule has 1 heterocycles. The molecule has 1 aromatic heterocycles. The lowest BCUT2D eigenvalue weighted by molar-refractivity contribution is 0.318. The number of amidine groups is 1. The molecular weight excluding hydrogens is 249 g/mol. The van der Waals surface area contributed by atoms with Crippen LogP contribution in [-0.2, 0) is 0 Å². The van der Waals surface area contributed by atoms with Crippen LogP contribution in [0.2, 0.25) is 0 Å². The maximum atomic E-state index is 13.4. The van der Waals surface area contributed by atoms with Crippen LogP contribution in [-0.4, -0.2) is 16.0 Å². The van der Waals surface area contributed by atoms with Crippen LogP contribution in [0, 0.1) is 12.7 Å². The normalized spacial score (nSPS) is 11.4. The van der Waals surface area contributed by atoms with E-state index in [1.807, 2.05) is 0 Å². The molecule has 0 radical (unpaired) electrons. The highest BCUT2D eigenvalue weighted by atomic mass is 19.1. The van der Waals surface area contributed by atoms with Crippen LogP contribution in [0.25, 0.3) is 0 Å². The first-order valence-electron chi connectivity index (χ1n) is 5.47. The molecule has 6 heteroatoms. The fourth-order valence-electron chi connectivity index (χ4n) is 1.49. The first-order chi connectivity index (χ1) is 9.11. The molecule has 0 amide bonds. The summed E-state index contributed by atoms with van der Waals surface area (Å²) in [6.07, 6.45) is 2.89. The number of nitrogens with two attached hydrogens (primary N) is 1. The first kappa shape index (κ1) is 12.8. The molecule has 2 rings (SSSR count). The number of aromatic nitrogens is 1. The van der Waals surface area contributed by atoms with Gasteiger partial charge in [0.25, 0.3) is 0 Å². The van der Waals surface area contributed by atoms with Gasteiger partial charge >= 0.3 is 0 Å². The quantitative estimate of drug-likeness (QED) is 0.385. The summed E-state index contributed by atoms with van der Waals surface area (Å²) in [6, 6.07) is 6.03. The Bertz CT molecular complexity index is 629. The van der Waals surface area contributed by atoms with Gasteiger partial charge in [-0.3, -0.25) is 4.98 Å². The van der Waals surface area contributed by atoms with E-state index in [0.29, 0.717) is 16.9 Å². The second-order valence-electron chi connectivity index (χ2n) is 3.87. The monoisotopic (exact) mass is 261 g/mol.